The van der Waals surface area contributed by atoms with E-state index in [2.05, 4.69) is 35.1 Å². The van der Waals surface area contributed by atoms with Crippen LogP contribution >= 0.6 is 15.9 Å². The van der Waals surface area contributed by atoms with Crippen molar-refractivity contribution in [1.29, 1.82) is 0 Å². The van der Waals surface area contributed by atoms with Crippen LogP contribution < -0.4 is 5.32 Å². The first-order valence-corrected chi connectivity index (χ1v) is 6.17. The second kappa shape index (κ2) is 5.89. The minimum Gasteiger partial charge on any atom is -0.478 e. The molecule has 0 atom stereocenters. The van der Waals surface area contributed by atoms with Crippen LogP contribution in [0.25, 0.3) is 0 Å². The lowest BCUT2D eigenvalue weighted by Crippen LogP contribution is -2.19. The summed E-state index contributed by atoms with van der Waals surface area (Å²) in [5.74, 6) is -0.908. The zero-order valence-corrected chi connectivity index (χ0v) is 11.0. The standard InChI is InChI=1S/C12H16BrNO2/c1-3-9(4-2)14-11-6-5-8(13)7-10(11)12(15)16/h5-7,9,14H,3-4H2,1-2H3,(H,15,16). The van der Waals surface area contributed by atoms with Gasteiger partial charge in [0.2, 0.25) is 0 Å². The normalized spacial score (nSPS) is 10.5. The molecule has 1 aromatic rings. The Labute approximate surface area is 104 Å². The average Bonchev–Trinajstić information content (AvgIpc) is 2.27. The van der Waals surface area contributed by atoms with E-state index in [0.29, 0.717) is 17.3 Å². The summed E-state index contributed by atoms with van der Waals surface area (Å²) in [4.78, 5) is 11.1. The Hall–Kier alpha value is -1.03. The predicted octanol–water partition coefficient (Wildman–Crippen LogP) is 3.75. The molecule has 88 valence electrons. The molecule has 4 heteroatoms. The van der Waals surface area contributed by atoms with Gasteiger partial charge in [0, 0.05) is 16.2 Å². The summed E-state index contributed by atoms with van der Waals surface area (Å²) in [5, 5.41) is 12.3. The highest BCUT2D eigenvalue weighted by atomic mass is 79.9. The molecule has 0 bridgehead atoms. The van der Waals surface area contributed by atoms with Gasteiger partial charge in [-0.25, -0.2) is 4.79 Å². The lowest BCUT2D eigenvalue weighted by molar-refractivity contribution is 0.0698. The number of hydrogen-bond acceptors (Lipinski definition) is 2. The van der Waals surface area contributed by atoms with E-state index in [0.717, 1.165) is 17.3 Å². The van der Waals surface area contributed by atoms with Crippen molar-refractivity contribution in [2.75, 3.05) is 5.32 Å². The number of aromatic carboxylic acids is 1. The zero-order valence-electron chi connectivity index (χ0n) is 9.46. The van der Waals surface area contributed by atoms with Crippen molar-refractivity contribution in [1.82, 2.24) is 0 Å². The van der Waals surface area contributed by atoms with Gasteiger partial charge in [0.25, 0.3) is 0 Å². The number of hydrogen-bond donors (Lipinski definition) is 2. The molecule has 0 saturated carbocycles. The summed E-state index contributed by atoms with van der Waals surface area (Å²) in [6, 6.07) is 5.58. The number of carboxylic acids is 1. The Morgan fingerprint density at radius 1 is 1.44 bits per heavy atom. The van der Waals surface area contributed by atoms with Crippen LogP contribution in [0, 0.1) is 0 Å². The molecule has 0 aliphatic rings. The van der Waals surface area contributed by atoms with Gasteiger partial charge in [-0.3, -0.25) is 0 Å². The summed E-state index contributed by atoms with van der Waals surface area (Å²) < 4.78 is 0.778. The average molecular weight is 286 g/mol. The van der Waals surface area contributed by atoms with E-state index < -0.39 is 5.97 Å². The predicted molar refractivity (Wildman–Crippen MR) is 69.1 cm³/mol. The van der Waals surface area contributed by atoms with Gasteiger partial charge in [-0.2, -0.15) is 0 Å². The fraction of sp³-hybridized carbons (Fsp3) is 0.417. The molecule has 1 aromatic carbocycles. The first-order chi connectivity index (χ1) is 7.58. The van der Waals surface area contributed by atoms with Gasteiger partial charge in [0.15, 0.2) is 0 Å². The molecular formula is C12H16BrNO2. The van der Waals surface area contributed by atoms with Gasteiger partial charge in [-0.05, 0) is 31.0 Å². The molecule has 0 fully saturated rings. The fourth-order valence-electron chi connectivity index (χ4n) is 1.53. The van der Waals surface area contributed by atoms with E-state index in [9.17, 15) is 4.79 Å². The van der Waals surface area contributed by atoms with Crippen molar-refractivity contribution in [2.45, 2.75) is 32.7 Å². The van der Waals surface area contributed by atoms with Crippen LogP contribution in [-0.2, 0) is 0 Å². The van der Waals surface area contributed by atoms with Crippen LogP contribution in [0.3, 0.4) is 0 Å². The second-order valence-electron chi connectivity index (χ2n) is 3.65. The highest BCUT2D eigenvalue weighted by molar-refractivity contribution is 9.10. The number of benzene rings is 1. The molecule has 0 unspecified atom stereocenters. The maximum Gasteiger partial charge on any atom is 0.337 e. The van der Waals surface area contributed by atoms with Gasteiger partial charge in [0.1, 0.15) is 0 Å². The van der Waals surface area contributed by atoms with Crippen molar-refractivity contribution >= 4 is 27.6 Å². The number of rotatable bonds is 5. The Kier molecular flexibility index (Phi) is 4.80. The van der Waals surface area contributed by atoms with Gasteiger partial charge >= 0.3 is 5.97 Å². The van der Waals surface area contributed by atoms with Gasteiger partial charge in [0.05, 0.1) is 5.56 Å². The Morgan fingerprint density at radius 3 is 2.56 bits per heavy atom. The molecule has 0 radical (unpaired) electrons. The van der Waals surface area contributed by atoms with Crippen molar-refractivity contribution in [3.8, 4) is 0 Å². The molecule has 0 amide bonds. The lowest BCUT2D eigenvalue weighted by Gasteiger charge is -2.17. The number of nitrogens with one attached hydrogen (secondary N) is 1. The summed E-state index contributed by atoms with van der Waals surface area (Å²) in [6.07, 6.45) is 1.96. The summed E-state index contributed by atoms with van der Waals surface area (Å²) in [6.45, 7) is 4.17. The van der Waals surface area contributed by atoms with Crippen molar-refractivity contribution in [3.05, 3.63) is 28.2 Å². The molecular weight excluding hydrogens is 270 g/mol. The van der Waals surface area contributed by atoms with Crippen LogP contribution in [0.5, 0.6) is 0 Å². The van der Waals surface area contributed by atoms with E-state index in [4.69, 9.17) is 5.11 Å². The molecule has 3 nitrogen and oxygen atoms in total. The topological polar surface area (TPSA) is 49.3 Å². The van der Waals surface area contributed by atoms with Crippen molar-refractivity contribution in [2.24, 2.45) is 0 Å². The summed E-state index contributed by atoms with van der Waals surface area (Å²) in [7, 11) is 0. The lowest BCUT2D eigenvalue weighted by atomic mass is 10.1. The van der Waals surface area contributed by atoms with Crippen molar-refractivity contribution < 1.29 is 9.90 Å². The van der Waals surface area contributed by atoms with Gasteiger partial charge < -0.3 is 10.4 Å². The van der Waals surface area contributed by atoms with Crippen LogP contribution in [0.4, 0.5) is 5.69 Å². The number of anilines is 1. The Balaban J connectivity index is 2.98. The Bertz CT molecular complexity index is 375. The van der Waals surface area contributed by atoms with Crippen LogP contribution in [0.15, 0.2) is 22.7 Å². The summed E-state index contributed by atoms with van der Waals surface area (Å²) in [5.41, 5.74) is 0.991. The van der Waals surface area contributed by atoms with E-state index in [1.165, 1.54) is 0 Å². The second-order valence-corrected chi connectivity index (χ2v) is 4.57. The minimum absolute atomic E-state index is 0.307. The third-order valence-corrected chi connectivity index (χ3v) is 3.05. The van der Waals surface area contributed by atoms with Gasteiger partial charge in [-0.15, -0.1) is 0 Å². The number of carbonyl (C=O) groups is 1. The highest BCUT2D eigenvalue weighted by Crippen LogP contribution is 2.22. The maximum atomic E-state index is 11.1. The monoisotopic (exact) mass is 285 g/mol. The van der Waals surface area contributed by atoms with E-state index in [-0.39, 0.29) is 0 Å². The Morgan fingerprint density at radius 2 is 2.06 bits per heavy atom. The van der Waals surface area contributed by atoms with Crippen LogP contribution in [-0.4, -0.2) is 17.1 Å². The molecule has 16 heavy (non-hydrogen) atoms. The molecule has 0 spiro atoms. The third kappa shape index (κ3) is 3.23. The third-order valence-electron chi connectivity index (χ3n) is 2.56. The van der Waals surface area contributed by atoms with E-state index in [1.807, 2.05) is 6.07 Å². The number of carboxylic acid groups (broad SMARTS) is 1. The fourth-order valence-corrected chi connectivity index (χ4v) is 1.89. The quantitative estimate of drug-likeness (QED) is 0.866. The first kappa shape index (κ1) is 13.0. The molecule has 0 saturated heterocycles. The number of halogens is 1. The molecule has 1 rings (SSSR count). The van der Waals surface area contributed by atoms with E-state index >= 15 is 0 Å². The molecule has 2 N–H and O–H groups in total. The first-order valence-electron chi connectivity index (χ1n) is 5.37. The zero-order chi connectivity index (χ0) is 12.1. The molecule has 0 heterocycles. The minimum atomic E-state index is -0.908. The smallest absolute Gasteiger partial charge is 0.337 e. The summed E-state index contributed by atoms with van der Waals surface area (Å²) >= 11 is 3.27. The SMILES string of the molecule is CCC(CC)Nc1ccc(Br)cc1C(=O)O. The van der Waals surface area contributed by atoms with E-state index in [1.54, 1.807) is 12.1 Å². The largest absolute Gasteiger partial charge is 0.478 e. The molecule has 0 aliphatic carbocycles. The molecule has 0 aromatic heterocycles. The molecule has 0 aliphatic heterocycles. The maximum absolute atomic E-state index is 11.1. The van der Waals surface area contributed by atoms with Crippen LogP contribution in [0.1, 0.15) is 37.0 Å². The van der Waals surface area contributed by atoms with Crippen molar-refractivity contribution in [3.63, 3.8) is 0 Å². The van der Waals surface area contributed by atoms with Gasteiger partial charge in [-0.1, -0.05) is 29.8 Å². The van der Waals surface area contributed by atoms with Crippen LogP contribution in [0.2, 0.25) is 0 Å². The highest BCUT2D eigenvalue weighted by Gasteiger charge is 2.12.